The molecule has 2 aromatic carbocycles. The Balaban J connectivity index is 1.47. The summed E-state index contributed by atoms with van der Waals surface area (Å²) in [5, 5.41) is 0. The zero-order valence-corrected chi connectivity index (χ0v) is 16.8. The predicted octanol–water partition coefficient (Wildman–Crippen LogP) is 2.05. The van der Waals surface area contributed by atoms with E-state index in [0.717, 1.165) is 5.56 Å². The highest BCUT2D eigenvalue weighted by molar-refractivity contribution is 6.03. The number of hydrogen-bond donors (Lipinski definition) is 0. The molecule has 0 unspecified atom stereocenters. The minimum Gasteiger partial charge on any atom is -0.481 e. The van der Waals surface area contributed by atoms with Gasteiger partial charge in [-0.15, -0.1) is 0 Å². The number of anilines is 1. The van der Waals surface area contributed by atoms with Crippen LogP contribution >= 0.6 is 0 Å². The van der Waals surface area contributed by atoms with Gasteiger partial charge in [-0.2, -0.15) is 0 Å². The Bertz CT molecular complexity index is 1010. The Morgan fingerprint density at radius 1 is 1.17 bits per heavy atom. The van der Waals surface area contributed by atoms with Gasteiger partial charge in [-0.1, -0.05) is 6.07 Å². The van der Waals surface area contributed by atoms with E-state index < -0.39 is 6.10 Å². The van der Waals surface area contributed by atoms with Crippen molar-refractivity contribution in [1.82, 2.24) is 9.80 Å². The smallest absolute Gasteiger partial charge is 0.268 e. The molecule has 1 fully saturated rings. The second kappa shape index (κ2) is 7.78. The van der Waals surface area contributed by atoms with Crippen LogP contribution < -0.4 is 9.64 Å². The van der Waals surface area contributed by atoms with Crippen molar-refractivity contribution in [3.8, 4) is 5.75 Å². The maximum absolute atomic E-state index is 13.1. The third kappa shape index (κ3) is 3.72. The average Bonchev–Trinajstić information content (AvgIpc) is 3.23. The van der Waals surface area contributed by atoms with Crippen molar-refractivity contribution in [3.05, 3.63) is 59.4 Å². The van der Waals surface area contributed by atoms with Gasteiger partial charge in [-0.25, -0.2) is 4.39 Å². The van der Waals surface area contributed by atoms with Gasteiger partial charge in [0.1, 0.15) is 18.1 Å². The summed E-state index contributed by atoms with van der Waals surface area (Å²) in [7, 11) is 3.30. The molecular weight excluding hydrogens is 389 g/mol. The molecule has 0 aromatic heterocycles. The molecule has 0 N–H and O–H groups in total. The first-order valence-electron chi connectivity index (χ1n) is 9.69. The topological polar surface area (TPSA) is 70.2 Å². The van der Waals surface area contributed by atoms with Crippen LogP contribution in [0.1, 0.15) is 22.3 Å². The molecular formula is C22H22FN3O4. The molecule has 156 valence electrons. The first-order chi connectivity index (χ1) is 14.3. The summed E-state index contributed by atoms with van der Waals surface area (Å²) in [5.74, 6) is -0.503. The highest BCUT2D eigenvalue weighted by Gasteiger charge is 2.36. The fraction of sp³-hybridized carbons (Fsp3) is 0.318. The third-order valence-corrected chi connectivity index (χ3v) is 5.36. The molecule has 0 aliphatic carbocycles. The van der Waals surface area contributed by atoms with Gasteiger partial charge >= 0.3 is 0 Å². The van der Waals surface area contributed by atoms with E-state index in [4.69, 9.17) is 4.74 Å². The Morgan fingerprint density at radius 3 is 2.60 bits per heavy atom. The first-order valence-corrected chi connectivity index (χ1v) is 9.69. The van der Waals surface area contributed by atoms with Gasteiger partial charge in [0.15, 0.2) is 6.10 Å². The van der Waals surface area contributed by atoms with Crippen LogP contribution in [0.4, 0.5) is 10.1 Å². The summed E-state index contributed by atoms with van der Waals surface area (Å²) in [4.78, 5) is 42.1. The van der Waals surface area contributed by atoms with E-state index in [-0.39, 0.29) is 30.1 Å². The number of halogens is 1. The second-order valence-electron chi connectivity index (χ2n) is 7.63. The van der Waals surface area contributed by atoms with Gasteiger partial charge < -0.3 is 19.4 Å². The van der Waals surface area contributed by atoms with E-state index in [1.807, 2.05) is 12.1 Å². The molecule has 0 saturated carbocycles. The summed E-state index contributed by atoms with van der Waals surface area (Å²) in [6.07, 6.45) is -0.168. The molecule has 2 aliphatic heterocycles. The van der Waals surface area contributed by atoms with Crippen LogP contribution in [0.15, 0.2) is 42.5 Å². The fourth-order valence-electron chi connectivity index (χ4n) is 3.65. The van der Waals surface area contributed by atoms with E-state index >= 15 is 0 Å². The molecule has 0 radical (unpaired) electrons. The molecule has 1 atom stereocenters. The summed E-state index contributed by atoms with van der Waals surface area (Å²) in [6, 6.07) is 10.9. The molecule has 2 heterocycles. The van der Waals surface area contributed by atoms with Gasteiger partial charge in [0, 0.05) is 44.9 Å². The second-order valence-corrected chi connectivity index (χ2v) is 7.63. The van der Waals surface area contributed by atoms with E-state index in [9.17, 15) is 18.8 Å². The van der Waals surface area contributed by atoms with Gasteiger partial charge in [0.25, 0.3) is 11.8 Å². The van der Waals surface area contributed by atoms with E-state index in [0.29, 0.717) is 36.5 Å². The Hall–Kier alpha value is -3.42. The molecule has 3 amide bonds. The van der Waals surface area contributed by atoms with E-state index in [1.165, 1.54) is 34.1 Å². The lowest BCUT2D eigenvalue weighted by atomic mass is 10.1. The number of nitrogens with zero attached hydrogens (tertiary/aromatic N) is 3. The molecule has 2 aromatic rings. The van der Waals surface area contributed by atoms with Crippen LogP contribution in [0.3, 0.4) is 0 Å². The highest BCUT2D eigenvalue weighted by atomic mass is 19.1. The molecule has 1 saturated heterocycles. The SMILES string of the molecule is CN(C)C(=O)CN1Cc2ccc(N3CC[C@@H](Oc4ccc(F)cc4)C3=O)cc2C1=O. The van der Waals surface area contributed by atoms with Crippen LogP contribution in [0.2, 0.25) is 0 Å². The zero-order valence-electron chi connectivity index (χ0n) is 16.8. The van der Waals surface area contributed by atoms with E-state index in [2.05, 4.69) is 0 Å². The molecule has 0 bridgehead atoms. The lowest BCUT2D eigenvalue weighted by Crippen LogP contribution is -2.36. The van der Waals surface area contributed by atoms with Crippen LogP contribution in [-0.2, 0) is 16.1 Å². The van der Waals surface area contributed by atoms with Crippen LogP contribution in [0, 0.1) is 5.82 Å². The average molecular weight is 411 g/mol. The zero-order chi connectivity index (χ0) is 21.4. The largest absolute Gasteiger partial charge is 0.481 e. The minimum atomic E-state index is -0.659. The maximum Gasteiger partial charge on any atom is 0.268 e. The predicted molar refractivity (Wildman–Crippen MR) is 108 cm³/mol. The molecule has 2 aliphatic rings. The fourth-order valence-corrected chi connectivity index (χ4v) is 3.65. The van der Waals surface area contributed by atoms with Crippen LogP contribution in [0.5, 0.6) is 5.75 Å². The number of ether oxygens (including phenoxy) is 1. The molecule has 30 heavy (non-hydrogen) atoms. The molecule has 0 spiro atoms. The van der Waals surface area contributed by atoms with Crippen molar-refractivity contribution in [2.75, 3.05) is 32.1 Å². The number of hydrogen-bond acceptors (Lipinski definition) is 4. The van der Waals surface area contributed by atoms with Crippen molar-refractivity contribution in [1.29, 1.82) is 0 Å². The molecule has 8 heteroatoms. The lowest BCUT2D eigenvalue weighted by molar-refractivity contribution is -0.129. The number of rotatable bonds is 5. The Labute approximate surface area is 173 Å². The monoisotopic (exact) mass is 411 g/mol. The van der Waals surface area contributed by atoms with Crippen LogP contribution in [0.25, 0.3) is 0 Å². The maximum atomic E-state index is 13.1. The van der Waals surface area contributed by atoms with E-state index in [1.54, 1.807) is 25.1 Å². The quantitative estimate of drug-likeness (QED) is 0.755. The van der Waals surface area contributed by atoms with Gasteiger partial charge in [-0.3, -0.25) is 14.4 Å². The summed E-state index contributed by atoms with van der Waals surface area (Å²) in [5.41, 5.74) is 1.97. The number of fused-ring (bicyclic) bond motifs is 1. The van der Waals surface area contributed by atoms with Crippen molar-refractivity contribution in [2.24, 2.45) is 0 Å². The normalized spacial score (nSPS) is 18.0. The number of likely N-dealkylation sites (N-methyl/N-ethyl adjacent to an activating group) is 1. The standard InChI is InChI=1S/C22H22FN3O4/c1-24(2)20(27)13-25-12-14-3-6-16(11-18(14)21(25)28)26-10-9-19(22(26)29)30-17-7-4-15(23)5-8-17/h3-8,11,19H,9-10,12-13H2,1-2H3/t19-/m1/s1. The van der Waals surface area contributed by atoms with Gasteiger partial charge in [0.05, 0.1) is 0 Å². The minimum absolute atomic E-state index is 0.0199. The lowest BCUT2D eigenvalue weighted by Gasteiger charge is -2.18. The van der Waals surface area contributed by atoms with Crippen molar-refractivity contribution in [2.45, 2.75) is 19.1 Å². The van der Waals surface area contributed by atoms with Crippen molar-refractivity contribution in [3.63, 3.8) is 0 Å². The van der Waals surface area contributed by atoms with Crippen LogP contribution in [-0.4, -0.2) is 60.8 Å². The Morgan fingerprint density at radius 2 is 1.90 bits per heavy atom. The molecule has 7 nitrogen and oxygen atoms in total. The number of amides is 3. The first kappa shape index (κ1) is 19.9. The van der Waals surface area contributed by atoms with Gasteiger partial charge in [0.2, 0.25) is 5.91 Å². The molecule has 4 rings (SSSR count). The van der Waals surface area contributed by atoms with Crippen molar-refractivity contribution < 1.29 is 23.5 Å². The van der Waals surface area contributed by atoms with Crippen molar-refractivity contribution >= 4 is 23.4 Å². The third-order valence-electron chi connectivity index (χ3n) is 5.36. The summed E-state index contributed by atoms with van der Waals surface area (Å²) < 4.78 is 18.8. The Kier molecular flexibility index (Phi) is 5.15. The number of benzene rings is 2. The summed E-state index contributed by atoms with van der Waals surface area (Å²) in [6.45, 7) is 0.852. The summed E-state index contributed by atoms with van der Waals surface area (Å²) >= 11 is 0. The van der Waals surface area contributed by atoms with Gasteiger partial charge in [-0.05, 0) is 42.0 Å². The number of carbonyl (C=O) groups excluding carboxylic acids is 3. The number of carbonyl (C=O) groups is 3. The highest BCUT2D eigenvalue weighted by Crippen LogP contribution is 2.30.